The van der Waals surface area contributed by atoms with Gasteiger partial charge in [-0.2, -0.15) is 5.10 Å². The van der Waals surface area contributed by atoms with E-state index in [1.54, 1.807) is 20.9 Å². The Morgan fingerprint density at radius 1 is 1.30 bits per heavy atom. The van der Waals surface area contributed by atoms with E-state index in [-0.39, 0.29) is 4.90 Å². The number of rotatable bonds is 6. The number of nitrogens with zero attached hydrogens (tertiary/aromatic N) is 2. The second-order valence-corrected chi connectivity index (χ2v) is 5.82. The molecule has 112 valence electrons. The lowest BCUT2D eigenvalue weighted by molar-refractivity contribution is -0.137. The van der Waals surface area contributed by atoms with E-state index in [1.807, 2.05) is 0 Å². The van der Waals surface area contributed by atoms with E-state index in [1.165, 1.54) is 4.68 Å². The predicted octanol–water partition coefficient (Wildman–Crippen LogP) is -1.48. The summed E-state index contributed by atoms with van der Waals surface area (Å²) >= 11 is 0. The number of amides is 1. The number of carbonyl (C=O) groups is 2. The summed E-state index contributed by atoms with van der Waals surface area (Å²) in [5.74, 6) is -1.93. The van der Waals surface area contributed by atoms with E-state index >= 15 is 0 Å². The van der Waals surface area contributed by atoms with Gasteiger partial charge in [0, 0.05) is 7.05 Å². The number of aliphatic carboxylic acids is 1. The Hall–Kier alpha value is -1.94. The Morgan fingerprint density at radius 2 is 1.90 bits per heavy atom. The molecule has 10 heteroatoms. The molecule has 0 spiro atoms. The van der Waals surface area contributed by atoms with Gasteiger partial charge in [0.05, 0.1) is 17.9 Å². The van der Waals surface area contributed by atoms with Gasteiger partial charge in [0.15, 0.2) is 0 Å². The normalized spacial score (nSPS) is 11.3. The fraction of sp³-hybridized carbons (Fsp3) is 0.500. The largest absolute Gasteiger partial charge is 0.480 e. The molecule has 1 rings (SSSR count). The van der Waals surface area contributed by atoms with Crippen LogP contribution < -0.4 is 10.0 Å². The van der Waals surface area contributed by atoms with Crippen LogP contribution in [0.15, 0.2) is 4.90 Å². The lowest BCUT2D eigenvalue weighted by Gasteiger charge is -2.07. The SMILES string of the molecule is Cc1nn(C)c(C)c1S(=O)(=O)NCC(=O)NCC(=O)O. The van der Waals surface area contributed by atoms with Gasteiger partial charge in [0.1, 0.15) is 11.4 Å². The molecule has 1 aromatic heterocycles. The summed E-state index contributed by atoms with van der Waals surface area (Å²) in [7, 11) is -2.26. The van der Waals surface area contributed by atoms with Gasteiger partial charge in [-0.25, -0.2) is 13.1 Å². The molecule has 0 fully saturated rings. The topological polar surface area (TPSA) is 130 Å². The van der Waals surface area contributed by atoms with Gasteiger partial charge in [0.25, 0.3) is 0 Å². The minimum atomic E-state index is -3.88. The molecular formula is C10H16N4O5S. The zero-order valence-corrected chi connectivity index (χ0v) is 12.1. The van der Waals surface area contributed by atoms with Crippen LogP contribution in [0.3, 0.4) is 0 Å². The Labute approximate surface area is 116 Å². The average Bonchev–Trinajstić information content (AvgIpc) is 2.58. The molecule has 0 saturated carbocycles. The van der Waals surface area contributed by atoms with Gasteiger partial charge >= 0.3 is 5.97 Å². The van der Waals surface area contributed by atoms with Crippen molar-refractivity contribution in [2.75, 3.05) is 13.1 Å². The molecule has 9 nitrogen and oxygen atoms in total. The van der Waals surface area contributed by atoms with Crippen LogP contribution in [0.5, 0.6) is 0 Å². The van der Waals surface area contributed by atoms with E-state index in [0.717, 1.165) is 0 Å². The Morgan fingerprint density at radius 3 is 2.35 bits per heavy atom. The van der Waals surface area contributed by atoms with E-state index in [2.05, 4.69) is 15.1 Å². The van der Waals surface area contributed by atoms with E-state index in [4.69, 9.17) is 5.11 Å². The van der Waals surface area contributed by atoms with Gasteiger partial charge in [-0.15, -0.1) is 0 Å². The molecule has 0 radical (unpaired) electrons. The smallest absolute Gasteiger partial charge is 0.322 e. The Kier molecular flexibility index (Phi) is 4.84. The van der Waals surface area contributed by atoms with Gasteiger partial charge in [-0.3, -0.25) is 14.3 Å². The zero-order valence-electron chi connectivity index (χ0n) is 11.3. The van der Waals surface area contributed by atoms with Crippen molar-refractivity contribution in [3.05, 3.63) is 11.4 Å². The van der Waals surface area contributed by atoms with Crippen molar-refractivity contribution in [2.45, 2.75) is 18.7 Å². The number of carbonyl (C=O) groups excluding carboxylic acids is 1. The van der Waals surface area contributed by atoms with E-state index in [9.17, 15) is 18.0 Å². The summed E-state index contributed by atoms with van der Waals surface area (Å²) in [4.78, 5) is 21.6. The molecule has 1 amide bonds. The third-order valence-corrected chi connectivity index (χ3v) is 4.22. The highest BCUT2D eigenvalue weighted by Crippen LogP contribution is 2.17. The first-order valence-corrected chi connectivity index (χ1v) is 7.12. The Balaban J connectivity index is 2.76. The number of aromatic nitrogens is 2. The van der Waals surface area contributed by atoms with Gasteiger partial charge < -0.3 is 10.4 Å². The maximum Gasteiger partial charge on any atom is 0.322 e. The monoisotopic (exact) mass is 304 g/mol. The van der Waals surface area contributed by atoms with Crippen LogP contribution in [0.4, 0.5) is 0 Å². The van der Waals surface area contributed by atoms with Gasteiger partial charge in [0.2, 0.25) is 15.9 Å². The summed E-state index contributed by atoms with van der Waals surface area (Å²) in [6.45, 7) is 2.04. The molecule has 0 atom stereocenters. The fourth-order valence-corrected chi connectivity index (χ4v) is 3.03. The van der Waals surface area contributed by atoms with Crippen molar-refractivity contribution in [1.82, 2.24) is 19.8 Å². The van der Waals surface area contributed by atoms with Gasteiger partial charge in [-0.05, 0) is 13.8 Å². The highest BCUT2D eigenvalue weighted by atomic mass is 32.2. The second kappa shape index (κ2) is 6.01. The van der Waals surface area contributed by atoms with E-state index in [0.29, 0.717) is 11.4 Å². The molecule has 20 heavy (non-hydrogen) atoms. The molecule has 1 heterocycles. The molecule has 3 N–H and O–H groups in total. The van der Waals surface area contributed by atoms with Crippen LogP contribution >= 0.6 is 0 Å². The van der Waals surface area contributed by atoms with Crippen LogP contribution in [0.1, 0.15) is 11.4 Å². The third kappa shape index (κ3) is 3.78. The molecule has 0 aromatic carbocycles. The average molecular weight is 304 g/mol. The van der Waals surface area contributed by atoms with Crippen molar-refractivity contribution >= 4 is 21.9 Å². The minimum absolute atomic E-state index is 0.0195. The summed E-state index contributed by atoms with van der Waals surface area (Å²) in [5.41, 5.74) is 0.768. The maximum absolute atomic E-state index is 12.1. The van der Waals surface area contributed by atoms with Crippen LogP contribution in [-0.4, -0.2) is 48.3 Å². The number of carboxylic acid groups (broad SMARTS) is 1. The Bertz CT molecular complexity index is 634. The lowest BCUT2D eigenvalue weighted by atomic mass is 10.4. The molecule has 0 aliphatic rings. The lowest BCUT2D eigenvalue weighted by Crippen LogP contribution is -2.39. The van der Waals surface area contributed by atoms with Crippen LogP contribution in [0.2, 0.25) is 0 Å². The standard InChI is InChI=1S/C10H16N4O5S/c1-6-10(7(2)14(3)13-6)20(18,19)12-4-8(15)11-5-9(16)17/h12H,4-5H2,1-3H3,(H,11,15)(H,16,17). The maximum atomic E-state index is 12.1. The molecule has 0 bridgehead atoms. The van der Waals surface area contributed by atoms with Crippen LogP contribution in [0.25, 0.3) is 0 Å². The quantitative estimate of drug-likeness (QED) is 0.587. The molecular weight excluding hydrogens is 288 g/mol. The number of aryl methyl sites for hydroxylation is 2. The fourth-order valence-electron chi connectivity index (χ4n) is 1.61. The van der Waals surface area contributed by atoms with Crippen molar-refractivity contribution in [3.63, 3.8) is 0 Å². The first kappa shape index (κ1) is 16.1. The van der Waals surface area contributed by atoms with Crippen LogP contribution in [0, 0.1) is 13.8 Å². The van der Waals surface area contributed by atoms with Crippen molar-refractivity contribution < 1.29 is 23.1 Å². The van der Waals surface area contributed by atoms with Crippen molar-refractivity contribution in [2.24, 2.45) is 7.05 Å². The first-order valence-electron chi connectivity index (χ1n) is 5.63. The molecule has 0 aliphatic carbocycles. The number of hydrogen-bond donors (Lipinski definition) is 3. The summed E-state index contributed by atoms with van der Waals surface area (Å²) in [5, 5.41) is 14.4. The van der Waals surface area contributed by atoms with Crippen LogP contribution in [-0.2, 0) is 26.7 Å². The first-order chi connectivity index (χ1) is 9.15. The number of nitrogens with one attached hydrogen (secondary N) is 2. The highest BCUT2D eigenvalue weighted by molar-refractivity contribution is 7.89. The van der Waals surface area contributed by atoms with Gasteiger partial charge in [-0.1, -0.05) is 0 Å². The highest BCUT2D eigenvalue weighted by Gasteiger charge is 2.24. The number of sulfonamides is 1. The molecule has 0 saturated heterocycles. The molecule has 0 unspecified atom stereocenters. The zero-order chi connectivity index (χ0) is 15.5. The number of hydrogen-bond acceptors (Lipinski definition) is 5. The summed E-state index contributed by atoms with van der Waals surface area (Å²) in [6.07, 6.45) is 0. The van der Waals surface area contributed by atoms with Crippen molar-refractivity contribution in [1.29, 1.82) is 0 Å². The summed E-state index contributed by atoms with van der Waals surface area (Å²) in [6, 6.07) is 0. The predicted molar refractivity (Wildman–Crippen MR) is 68.5 cm³/mol. The molecule has 1 aromatic rings. The third-order valence-electron chi connectivity index (χ3n) is 2.57. The summed E-state index contributed by atoms with van der Waals surface area (Å²) < 4.78 is 27.7. The minimum Gasteiger partial charge on any atom is -0.480 e. The van der Waals surface area contributed by atoms with E-state index < -0.39 is 35.0 Å². The van der Waals surface area contributed by atoms with Crippen molar-refractivity contribution in [3.8, 4) is 0 Å². The second-order valence-electron chi connectivity index (χ2n) is 4.12. The molecule has 0 aliphatic heterocycles. The number of carboxylic acids is 1.